The summed E-state index contributed by atoms with van der Waals surface area (Å²) in [6.45, 7) is 0. The van der Waals surface area contributed by atoms with Crippen LogP contribution in [-0.4, -0.2) is 32.4 Å². The second-order valence-corrected chi connectivity index (χ2v) is 9.12. The topological polar surface area (TPSA) is 102 Å². The van der Waals surface area contributed by atoms with Crippen LogP contribution in [-0.2, 0) is 19.6 Å². The molecule has 7 nitrogen and oxygen atoms in total. The fourth-order valence-corrected chi connectivity index (χ4v) is 4.21. The van der Waals surface area contributed by atoms with Gasteiger partial charge in [-0.3, -0.25) is 4.79 Å². The molecule has 0 heterocycles. The van der Waals surface area contributed by atoms with Gasteiger partial charge < -0.3 is 10.1 Å². The monoisotopic (exact) mass is 414 g/mol. The lowest BCUT2D eigenvalue weighted by atomic mass is 10.1. The van der Waals surface area contributed by atoms with E-state index in [4.69, 9.17) is 4.74 Å². The highest BCUT2D eigenvalue weighted by Crippen LogP contribution is 2.25. The number of rotatable bonds is 8. The lowest BCUT2D eigenvalue weighted by molar-refractivity contribution is -0.130. The maximum absolute atomic E-state index is 12.7. The minimum atomic E-state index is -3.69. The highest BCUT2D eigenvalue weighted by atomic mass is 32.2. The van der Waals surface area contributed by atoms with Crippen LogP contribution in [0.1, 0.15) is 47.7 Å². The molecule has 2 saturated carbocycles. The molecule has 2 N–H and O–H groups in total. The van der Waals surface area contributed by atoms with E-state index < -0.39 is 22.1 Å². The molecule has 0 spiro atoms. The third-order valence-electron chi connectivity index (χ3n) is 4.77. The molecule has 0 aromatic heterocycles. The molecule has 2 fully saturated rings. The van der Waals surface area contributed by atoms with Gasteiger partial charge in [0.1, 0.15) is 0 Å². The van der Waals surface area contributed by atoms with E-state index in [0.29, 0.717) is 5.56 Å². The smallest absolute Gasteiger partial charge is 0.339 e. The van der Waals surface area contributed by atoms with Crippen LogP contribution in [0.2, 0.25) is 0 Å². The van der Waals surface area contributed by atoms with Crippen molar-refractivity contribution in [1.82, 2.24) is 10.0 Å². The highest BCUT2D eigenvalue weighted by molar-refractivity contribution is 7.89. The summed E-state index contributed by atoms with van der Waals surface area (Å²) in [7, 11) is -3.69. The number of esters is 1. The van der Waals surface area contributed by atoms with Gasteiger partial charge in [-0.1, -0.05) is 36.4 Å². The predicted octanol–water partition coefficient (Wildman–Crippen LogP) is 2.30. The van der Waals surface area contributed by atoms with Gasteiger partial charge >= 0.3 is 5.97 Å². The summed E-state index contributed by atoms with van der Waals surface area (Å²) >= 11 is 0. The van der Waals surface area contributed by atoms with Gasteiger partial charge in [-0.05, 0) is 43.9 Å². The third kappa shape index (κ3) is 5.02. The van der Waals surface area contributed by atoms with Crippen LogP contribution >= 0.6 is 0 Å². The van der Waals surface area contributed by atoms with Crippen LogP contribution in [0.15, 0.2) is 59.5 Å². The summed E-state index contributed by atoms with van der Waals surface area (Å²) in [5.41, 5.74) is 0.627. The Hall–Kier alpha value is -2.71. The fourth-order valence-electron chi connectivity index (χ4n) is 2.86. The number of amides is 1. The largest absolute Gasteiger partial charge is 0.444 e. The summed E-state index contributed by atoms with van der Waals surface area (Å²) in [6, 6.07) is 14.5. The second kappa shape index (κ2) is 7.96. The molecular formula is C21H22N2O5S. The molecular weight excluding hydrogens is 392 g/mol. The average molecular weight is 414 g/mol. The Morgan fingerprint density at radius 3 is 2.28 bits per heavy atom. The Morgan fingerprint density at radius 1 is 0.931 bits per heavy atom. The molecule has 152 valence electrons. The Bertz CT molecular complexity index is 1010. The van der Waals surface area contributed by atoms with Crippen molar-refractivity contribution < 1.29 is 22.7 Å². The first kappa shape index (κ1) is 19.6. The Kier molecular flexibility index (Phi) is 5.38. The molecule has 0 bridgehead atoms. The summed E-state index contributed by atoms with van der Waals surface area (Å²) in [5, 5.41) is 2.85. The zero-order valence-electron chi connectivity index (χ0n) is 15.7. The number of hydrogen-bond donors (Lipinski definition) is 2. The van der Waals surface area contributed by atoms with Gasteiger partial charge in [0, 0.05) is 17.6 Å². The molecule has 1 unspecified atom stereocenters. The van der Waals surface area contributed by atoms with Gasteiger partial charge in [0.25, 0.3) is 5.91 Å². The molecule has 0 saturated heterocycles. The van der Waals surface area contributed by atoms with Crippen LogP contribution in [0.4, 0.5) is 0 Å². The highest BCUT2D eigenvalue weighted by Gasteiger charge is 2.32. The molecule has 2 aliphatic rings. The zero-order chi connectivity index (χ0) is 20.4. The quantitative estimate of drug-likeness (QED) is 0.646. The minimum absolute atomic E-state index is 0.00227. The lowest BCUT2D eigenvalue weighted by Gasteiger charge is -2.18. The van der Waals surface area contributed by atoms with Crippen LogP contribution in [0.3, 0.4) is 0 Å². The fraction of sp³-hybridized carbons (Fsp3) is 0.333. The predicted molar refractivity (Wildman–Crippen MR) is 106 cm³/mol. The Labute approximate surface area is 169 Å². The van der Waals surface area contributed by atoms with E-state index in [1.165, 1.54) is 24.3 Å². The molecule has 1 atom stereocenters. The van der Waals surface area contributed by atoms with Gasteiger partial charge in [0.05, 0.1) is 10.5 Å². The van der Waals surface area contributed by atoms with E-state index in [-0.39, 0.29) is 28.4 Å². The SMILES string of the molecule is O=C(OC(C(=O)NC1CC1)c1ccccc1)c1cccc(S(=O)(=O)NC2CC2)c1. The van der Waals surface area contributed by atoms with E-state index in [1.54, 1.807) is 24.3 Å². The number of carbonyl (C=O) groups is 2. The van der Waals surface area contributed by atoms with Crippen molar-refractivity contribution in [2.75, 3.05) is 0 Å². The molecule has 0 radical (unpaired) electrons. The normalized spacial score (nSPS) is 17.4. The van der Waals surface area contributed by atoms with Crippen molar-refractivity contribution in [2.24, 2.45) is 0 Å². The molecule has 1 amide bonds. The van der Waals surface area contributed by atoms with Gasteiger partial charge in [0.15, 0.2) is 0 Å². The van der Waals surface area contributed by atoms with E-state index in [9.17, 15) is 18.0 Å². The zero-order valence-corrected chi connectivity index (χ0v) is 16.5. The van der Waals surface area contributed by atoms with Crippen molar-refractivity contribution >= 4 is 21.9 Å². The maximum Gasteiger partial charge on any atom is 0.339 e. The number of carbonyl (C=O) groups excluding carboxylic acids is 2. The summed E-state index contributed by atoms with van der Waals surface area (Å²) in [6.07, 6.45) is 2.35. The molecule has 0 aliphatic heterocycles. The van der Waals surface area contributed by atoms with Gasteiger partial charge in [-0.25, -0.2) is 17.9 Å². The van der Waals surface area contributed by atoms with Gasteiger partial charge in [-0.2, -0.15) is 0 Å². The van der Waals surface area contributed by atoms with Crippen molar-refractivity contribution in [2.45, 2.75) is 48.8 Å². The molecule has 2 aromatic rings. The van der Waals surface area contributed by atoms with Gasteiger partial charge in [0.2, 0.25) is 16.1 Å². The molecule has 2 aromatic carbocycles. The summed E-state index contributed by atoms with van der Waals surface area (Å²) in [4.78, 5) is 25.3. The number of hydrogen-bond acceptors (Lipinski definition) is 5. The van der Waals surface area contributed by atoms with Crippen LogP contribution in [0.25, 0.3) is 0 Å². The number of sulfonamides is 1. The van der Waals surface area contributed by atoms with Gasteiger partial charge in [-0.15, -0.1) is 0 Å². The molecule has 8 heteroatoms. The van der Waals surface area contributed by atoms with Crippen molar-refractivity contribution in [3.8, 4) is 0 Å². The number of benzene rings is 2. The summed E-state index contributed by atoms with van der Waals surface area (Å²) in [5.74, 6) is -1.14. The molecule has 29 heavy (non-hydrogen) atoms. The number of nitrogens with one attached hydrogen (secondary N) is 2. The number of ether oxygens (including phenoxy) is 1. The van der Waals surface area contributed by atoms with Crippen molar-refractivity contribution in [3.63, 3.8) is 0 Å². The first-order valence-corrected chi connectivity index (χ1v) is 11.1. The first-order valence-electron chi connectivity index (χ1n) is 9.61. The van der Waals surface area contributed by atoms with Crippen LogP contribution < -0.4 is 10.0 Å². The van der Waals surface area contributed by atoms with E-state index in [0.717, 1.165) is 25.7 Å². The van der Waals surface area contributed by atoms with E-state index in [1.807, 2.05) is 6.07 Å². The molecule has 2 aliphatic carbocycles. The third-order valence-corrected chi connectivity index (χ3v) is 6.29. The molecule has 4 rings (SSSR count). The van der Waals surface area contributed by atoms with Crippen molar-refractivity contribution in [1.29, 1.82) is 0 Å². The Morgan fingerprint density at radius 2 is 1.62 bits per heavy atom. The average Bonchev–Trinajstić information content (AvgIpc) is 3.64. The van der Waals surface area contributed by atoms with Crippen molar-refractivity contribution in [3.05, 3.63) is 65.7 Å². The van der Waals surface area contributed by atoms with Crippen LogP contribution in [0.5, 0.6) is 0 Å². The van der Waals surface area contributed by atoms with Crippen LogP contribution in [0, 0.1) is 0 Å². The summed E-state index contributed by atoms with van der Waals surface area (Å²) < 4.78 is 32.9. The first-order chi connectivity index (χ1) is 13.9. The minimum Gasteiger partial charge on any atom is -0.444 e. The standard InChI is InChI=1S/C21H22N2O5S/c24-20(22-16-9-10-16)19(14-5-2-1-3-6-14)28-21(25)15-7-4-8-18(13-15)29(26,27)23-17-11-12-17/h1-8,13,16-17,19,23H,9-12H2,(H,22,24). The second-order valence-electron chi connectivity index (χ2n) is 7.40. The Balaban J connectivity index is 1.54. The maximum atomic E-state index is 12.7. The lowest BCUT2D eigenvalue weighted by Crippen LogP contribution is -2.33. The van der Waals surface area contributed by atoms with E-state index >= 15 is 0 Å². The van der Waals surface area contributed by atoms with E-state index in [2.05, 4.69) is 10.0 Å².